The molecule has 0 aliphatic heterocycles. The van der Waals surface area contributed by atoms with Gasteiger partial charge in [0.2, 0.25) is 0 Å². The van der Waals surface area contributed by atoms with E-state index < -0.39 is 0 Å². The molecule has 0 bridgehead atoms. The molecule has 1 unspecified atom stereocenters. The molecule has 0 aromatic heterocycles. The number of hydrogen-bond donors (Lipinski definition) is 1. The summed E-state index contributed by atoms with van der Waals surface area (Å²) < 4.78 is 0. The second kappa shape index (κ2) is 4.85. The molecule has 0 aliphatic rings. The summed E-state index contributed by atoms with van der Waals surface area (Å²) in [5.74, 6) is 0.769. The maximum Gasteiger partial charge on any atom is 0.0885 e. The molecule has 0 spiro atoms. The Labute approximate surface area is 90.5 Å². The summed E-state index contributed by atoms with van der Waals surface area (Å²) in [7, 11) is 0. The molecule has 0 saturated heterocycles. The minimum atomic E-state index is -0.328. The molecule has 0 radical (unpaired) electrons. The van der Waals surface area contributed by atoms with Gasteiger partial charge >= 0.3 is 0 Å². The van der Waals surface area contributed by atoms with E-state index in [0.717, 1.165) is 11.3 Å². The van der Waals surface area contributed by atoms with Gasteiger partial charge in [-0.1, -0.05) is 17.7 Å². The van der Waals surface area contributed by atoms with Crippen LogP contribution in [0.4, 0.5) is 0 Å². The van der Waals surface area contributed by atoms with Crippen molar-refractivity contribution in [3.63, 3.8) is 0 Å². The van der Waals surface area contributed by atoms with Crippen LogP contribution in [-0.2, 0) is 0 Å². The fourth-order valence-electron chi connectivity index (χ4n) is 1.96. The Morgan fingerprint density at radius 2 is 1.71 bits per heavy atom. The Morgan fingerprint density at radius 3 is 2.14 bits per heavy atom. The standard InChI is InChI=1S/C12H18OS/c1-8-5-9(2)12(10(3)6-8)11(13)7-14-4/h5-6,11,13H,7H2,1-4H3. The van der Waals surface area contributed by atoms with Gasteiger partial charge in [-0.15, -0.1) is 0 Å². The van der Waals surface area contributed by atoms with Crippen molar-refractivity contribution in [3.05, 3.63) is 34.4 Å². The van der Waals surface area contributed by atoms with E-state index in [1.165, 1.54) is 16.7 Å². The number of benzene rings is 1. The lowest BCUT2D eigenvalue weighted by Crippen LogP contribution is -2.05. The number of aliphatic hydroxyl groups is 1. The Hall–Kier alpha value is -0.470. The van der Waals surface area contributed by atoms with E-state index in [1.54, 1.807) is 11.8 Å². The highest BCUT2D eigenvalue weighted by atomic mass is 32.2. The fourth-order valence-corrected chi connectivity index (χ4v) is 2.44. The van der Waals surface area contributed by atoms with E-state index in [9.17, 15) is 5.11 Å². The summed E-state index contributed by atoms with van der Waals surface area (Å²) in [6, 6.07) is 4.26. The van der Waals surface area contributed by atoms with Crippen LogP contribution in [0.3, 0.4) is 0 Å². The molecule has 1 N–H and O–H groups in total. The van der Waals surface area contributed by atoms with Gasteiger partial charge in [-0.2, -0.15) is 11.8 Å². The van der Waals surface area contributed by atoms with E-state index in [4.69, 9.17) is 0 Å². The van der Waals surface area contributed by atoms with Crippen LogP contribution in [0.2, 0.25) is 0 Å². The maximum atomic E-state index is 9.95. The normalized spacial score (nSPS) is 12.9. The predicted octanol–water partition coefficient (Wildman–Crippen LogP) is 3.01. The molecule has 1 aromatic carbocycles. The van der Waals surface area contributed by atoms with E-state index >= 15 is 0 Å². The van der Waals surface area contributed by atoms with Crippen LogP contribution in [0.1, 0.15) is 28.4 Å². The minimum absolute atomic E-state index is 0.328. The van der Waals surface area contributed by atoms with Crippen molar-refractivity contribution >= 4 is 11.8 Å². The number of rotatable bonds is 3. The second-order valence-corrected chi connectivity index (χ2v) is 4.69. The molecule has 14 heavy (non-hydrogen) atoms. The van der Waals surface area contributed by atoms with E-state index in [1.807, 2.05) is 6.26 Å². The predicted molar refractivity (Wildman–Crippen MR) is 64.0 cm³/mol. The zero-order valence-corrected chi connectivity index (χ0v) is 10.1. The van der Waals surface area contributed by atoms with Gasteiger partial charge in [-0.25, -0.2) is 0 Å². The van der Waals surface area contributed by atoms with Gasteiger partial charge in [0.05, 0.1) is 6.10 Å². The summed E-state index contributed by atoms with van der Waals surface area (Å²) in [5.41, 5.74) is 4.76. The Kier molecular flexibility index (Phi) is 4.02. The molecule has 0 aliphatic carbocycles. The summed E-state index contributed by atoms with van der Waals surface area (Å²) >= 11 is 1.68. The Balaban J connectivity index is 3.07. The Morgan fingerprint density at radius 1 is 1.21 bits per heavy atom. The van der Waals surface area contributed by atoms with Gasteiger partial charge in [-0.3, -0.25) is 0 Å². The third-order valence-corrected chi connectivity index (χ3v) is 3.04. The Bertz CT molecular complexity index is 297. The van der Waals surface area contributed by atoms with Crippen molar-refractivity contribution in [2.24, 2.45) is 0 Å². The van der Waals surface area contributed by atoms with Crippen LogP contribution in [-0.4, -0.2) is 17.1 Å². The third kappa shape index (κ3) is 2.52. The van der Waals surface area contributed by atoms with Gasteiger partial charge < -0.3 is 5.11 Å². The molecule has 0 saturated carbocycles. The molecule has 0 amide bonds. The molecule has 1 nitrogen and oxygen atoms in total. The van der Waals surface area contributed by atoms with Crippen molar-refractivity contribution in [1.29, 1.82) is 0 Å². The van der Waals surface area contributed by atoms with Crippen LogP contribution in [0, 0.1) is 20.8 Å². The van der Waals surface area contributed by atoms with Gasteiger partial charge in [-0.05, 0) is 43.7 Å². The molecule has 0 heterocycles. The zero-order valence-electron chi connectivity index (χ0n) is 9.29. The van der Waals surface area contributed by atoms with Gasteiger partial charge in [0, 0.05) is 5.75 Å². The van der Waals surface area contributed by atoms with Crippen LogP contribution in [0.15, 0.2) is 12.1 Å². The lowest BCUT2D eigenvalue weighted by molar-refractivity contribution is 0.202. The molecule has 1 atom stereocenters. The smallest absolute Gasteiger partial charge is 0.0885 e. The maximum absolute atomic E-state index is 9.95. The molecule has 78 valence electrons. The number of aliphatic hydroxyl groups excluding tert-OH is 1. The second-order valence-electron chi connectivity index (χ2n) is 3.78. The van der Waals surface area contributed by atoms with Crippen molar-refractivity contribution in [3.8, 4) is 0 Å². The van der Waals surface area contributed by atoms with Crippen LogP contribution in [0.25, 0.3) is 0 Å². The van der Waals surface area contributed by atoms with E-state index in [2.05, 4.69) is 32.9 Å². The van der Waals surface area contributed by atoms with Crippen LogP contribution >= 0.6 is 11.8 Å². The molecule has 1 rings (SSSR count). The summed E-state index contributed by atoms with van der Waals surface area (Å²) in [6.07, 6.45) is 1.69. The molecular formula is C12H18OS. The van der Waals surface area contributed by atoms with Crippen molar-refractivity contribution in [2.75, 3.05) is 12.0 Å². The van der Waals surface area contributed by atoms with Crippen molar-refractivity contribution in [1.82, 2.24) is 0 Å². The first-order chi connectivity index (χ1) is 6.56. The third-order valence-electron chi connectivity index (χ3n) is 2.40. The molecule has 2 heteroatoms. The molecular weight excluding hydrogens is 192 g/mol. The average molecular weight is 210 g/mol. The SMILES string of the molecule is CSCC(O)c1c(C)cc(C)cc1C. The monoisotopic (exact) mass is 210 g/mol. The van der Waals surface area contributed by atoms with E-state index in [0.29, 0.717) is 0 Å². The van der Waals surface area contributed by atoms with Crippen molar-refractivity contribution in [2.45, 2.75) is 26.9 Å². The van der Waals surface area contributed by atoms with Crippen LogP contribution < -0.4 is 0 Å². The minimum Gasteiger partial charge on any atom is -0.388 e. The fraction of sp³-hybridized carbons (Fsp3) is 0.500. The first-order valence-corrected chi connectivity index (χ1v) is 6.20. The zero-order chi connectivity index (χ0) is 10.7. The topological polar surface area (TPSA) is 20.2 Å². The van der Waals surface area contributed by atoms with Gasteiger partial charge in [0.25, 0.3) is 0 Å². The molecule has 0 fully saturated rings. The van der Waals surface area contributed by atoms with Gasteiger partial charge in [0.15, 0.2) is 0 Å². The number of hydrogen-bond acceptors (Lipinski definition) is 2. The highest BCUT2D eigenvalue weighted by molar-refractivity contribution is 7.98. The first-order valence-electron chi connectivity index (χ1n) is 4.81. The highest BCUT2D eigenvalue weighted by Gasteiger charge is 2.12. The van der Waals surface area contributed by atoms with Gasteiger partial charge in [0.1, 0.15) is 0 Å². The van der Waals surface area contributed by atoms with Crippen LogP contribution in [0.5, 0.6) is 0 Å². The number of thioether (sulfide) groups is 1. The lowest BCUT2D eigenvalue weighted by atomic mass is 9.96. The average Bonchev–Trinajstić information content (AvgIpc) is 2.01. The summed E-state index contributed by atoms with van der Waals surface area (Å²) in [5, 5.41) is 9.95. The largest absolute Gasteiger partial charge is 0.388 e. The lowest BCUT2D eigenvalue weighted by Gasteiger charge is -2.16. The summed E-state index contributed by atoms with van der Waals surface area (Å²) in [4.78, 5) is 0. The molecule has 1 aromatic rings. The first kappa shape index (κ1) is 11.6. The summed E-state index contributed by atoms with van der Waals surface area (Å²) in [6.45, 7) is 6.22. The quantitative estimate of drug-likeness (QED) is 0.827. The highest BCUT2D eigenvalue weighted by Crippen LogP contribution is 2.25. The van der Waals surface area contributed by atoms with Crippen molar-refractivity contribution < 1.29 is 5.11 Å². The van der Waals surface area contributed by atoms with E-state index in [-0.39, 0.29) is 6.10 Å². The number of aryl methyl sites for hydroxylation is 3.